The van der Waals surface area contributed by atoms with Gasteiger partial charge in [-0.3, -0.25) is 4.90 Å². The Kier molecular flexibility index (Phi) is 4.38. The fraction of sp³-hybridized carbons (Fsp3) is 0.154. The molecule has 0 unspecified atom stereocenters. The molecular weight excluding hydrogens is 314 g/mol. The number of amides is 1. The third-order valence-corrected chi connectivity index (χ3v) is 4.23. The van der Waals surface area contributed by atoms with E-state index in [-0.39, 0.29) is 0 Å². The SMILES string of the molecule is O=C(O)N(CCc1ccccc1)c1cc(Br)cs1. The van der Waals surface area contributed by atoms with Gasteiger partial charge in [-0.25, -0.2) is 4.79 Å². The molecule has 2 aromatic rings. The molecule has 0 saturated carbocycles. The highest BCUT2D eigenvalue weighted by Gasteiger charge is 2.15. The van der Waals surface area contributed by atoms with Crippen molar-refractivity contribution in [3.63, 3.8) is 0 Å². The average Bonchev–Trinajstić information content (AvgIpc) is 2.77. The lowest BCUT2D eigenvalue weighted by molar-refractivity contribution is 0.202. The number of hydrogen-bond donors (Lipinski definition) is 1. The smallest absolute Gasteiger partial charge is 0.412 e. The molecule has 94 valence electrons. The Balaban J connectivity index is 2.06. The summed E-state index contributed by atoms with van der Waals surface area (Å²) < 4.78 is 0.911. The molecule has 2 rings (SSSR count). The number of thiophene rings is 1. The molecule has 0 radical (unpaired) electrons. The van der Waals surface area contributed by atoms with Gasteiger partial charge in [0.1, 0.15) is 5.00 Å². The van der Waals surface area contributed by atoms with E-state index in [1.165, 1.54) is 16.2 Å². The van der Waals surface area contributed by atoms with Gasteiger partial charge in [0.25, 0.3) is 0 Å². The summed E-state index contributed by atoms with van der Waals surface area (Å²) in [5.41, 5.74) is 1.14. The zero-order chi connectivity index (χ0) is 13.0. The van der Waals surface area contributed by atoms with Crippen LogP contribution in [-0.2, 0) is 6.42 Å². The molecule has 1 amide bonds. The number of anilines is 1. The van der Waals surface area contributed by atoms with Gasteiger partial charge >= 0.3 is 6.09 Å². The highest BCUT2D eigenvalue weighted by atomic mass is 79.9. The van der Waals surface area contributed by atoms with Crippen LogP contribution >= 0.6 is 27.3 Å². The van der Waals surface area contributed by atoms with Crippen molar-refractivity contribution in [1.82, 2.24) is 0 Å². The van der Waals surface area contributed by atoms with E-state index in [2.05, 4.69) is 15.9 Å². The number of nitrogens with zero attached hydrogens (tertiary/aromatic N) is 1. The summed E-state index contributed by atoms with van der Waals surface area (Å²) in [5.74, 6) is 0. The van der Waals surface area contributed by atoms with Crippen molar-refractivity contribution in [3.05, 3.63) is 51.8 Å². The van der Waals surface area contributed by atoms with E-state index in [0.717, 1.165) is 15.0 Å². The Hall–Kier alpha value is -1.33. The van der Waals surface area contributed by atoms with Gasteiger partial charge in [0.15, 0.2) is 0 Å². The van der Waals surface area contributed by atoms with Crippen LogP contribution < -0.4 is 4.90 Å². The van der Waals surface area contributed by atoms with Crippen LogP contribution in [0.3, 0.4) is 0 Å². The Bertz CT molecular complexity index is 527. The van der Waals surface area contributed by atoms with Crippen molar-refractivity contribution in [3.8, 4) is 0 Å². The molecule has 18 heavy (non-hydrogen) atoms. The molecule has 0 aliphatic carbocycles. The normalized spacial score (nSPS) is 10.3. The predicted octanol–water partition coefficient (Wildman–Crippen LogP) is 4.24. The first-order chi connectivity index (χ1) is 8.66. The van der Waals surface area contributed by atoms with Gasteiger partial charge in [0.2, 0.25) is 0 Å². The molecule has 5 heteroatoms. The van der Waals surface area contributed by atoms with Gasteiger partial charge in [-0.15, -0.1) is 11.3 Å². The van der Waals surface area contributed by atoms with Crippen LogP contribution in [0.1, 0.15) is 5.56 Å². The molecule has 0 aliphatic rings. The minimum absolute atomic E-state index is 0.465. The number of rotatable bonds is 4. The third kappa shape index (κ3) is 3.34. The zero-order valence-corrected chi connectivity index (χ0v) is 11.9. The number of carbonyl (C=O) groups is 1. The highest BCUT2D eigenvalue weighted by molar-refractivity contribution is 9.10. The van der Waals surface area contributed by atoms with Gasteiger partial charge < -0.3 is 5.11 Å². The van der Waals surface area contributed by atoms with Crippen molar-refractivity contribution >= 4 is 38.4 Å². The van der Waals surface area contributed by atoms with Crippen molar-refractivity contribution < 1.29 is 9.90 Å². The summed E-state index contributed by atoms with van der Waals surface area (Å²) >= 11 is 4.76. The summed E-state index contributed by atoms with van der Waals surface area (Å²) in [6, 6.07) is 11.7. The summed E-state index contributed by atoms with van der Waals surface area (Å²) in [7, 11) is 0. The first kappa shape index (κ1) is 13.1. The fourth-order valence-electron chi connectivity index (χ4n) is 1.63. The van der Waals surface area contributed by atoms with Crippen molar-refractivity contribution in [1.29, 1.82) is 0 Å². The Labute approximate surface area is 118 Å². The van der Waals surface area contributed by atoms with E-state index in [1.54, 1.807) is 0 Å². The number of halogens is 1. The largest absolute Gasteiger partial charge is 0.465 e. The van der Waals surface area contributed by atoms with E-state index < -0.39 is 6.09 Å². The van der Waals surface area contributed by atoms with E-state index in [1.807, 2.05) is 41.8 Å². The maximum atomic E-state index is 11.2. The summed E-state index contributed by atoms with van der Waals surface area (Å²) in [4.78, 5) is 12.6. The predicted molar refractivity (Wildman–Crippen MR) is 77.5 cm³/mol. The molecular formula is C13H12BrNO2S. The lowest BCUT2D eigenvalue weighted by Gasteiger charge is -2.16. The van der Waals surface area contributed by atoms with Crippen LogP contribution in [0.25, 0.3) is 0 Å². The molecule has 1 heterocycles. The van der Waals surface area contributed by atoms with Gasteiger partial charge in [0.05, 0.1) is 0 Å². The average molecular weight is 326 g/mol. The second-order valence-electron chi connectivity index (χ2n) is 3.77. The van der Waals surface area contributed by atoms with Crippen LogP contribution in [0.5, 0.6) is 0 Å². The fourth-order valence-corrected chi connectivity index (χ4v) is 3.07. The Morgan fingerprint density at radius 3 is 2.61 bits per heavy atom. The van der Waals surface area contributed by atoms with Crippen LogP contribution in [0.2, 0.25) is 0 Å². The second-order valence-corrected chi connectivity index (χ2v) is 5.58. The monoisotopic (exact) mass is 325 g/mol. The molecule has 0 aliphatic heterocycles. The molecule has 0 atom stereocenters. The topological polar surface area (TPSA) is 40.5 Å². The molecule has 0 spiro atoms. The number of carboxylic acid groups (broad SMARTS) is 1. The van der Waals surface area contributed by atoms with Crippen LogP contribution in [0, 0.1) is 0 Å². The minimum Gasteiger partial charge on any atom is -0.465 e. The van der Waals surface area contributed by atoms with Gasteiger partial charge in [-0.05, 0) is 34.0 Å². The third-order valence-electron chi connectivity index (χ3n) is 2.52. The summed E-state index contributed by atoms with van der Waals surface area (Å²) in [6.07, 6.45) is -0.205. The van der Waals surface area contributed by atoms with Crippen molar-refractivity contribution in [2.24, 2.45) is 0 Å². The van der Waals surface area contributed by atoms with Gasteiger partial charge in [-0.2, -0.15) is 0 Å². The van der Waals surface area contributed by atoms with Gasteiger partial charge in [-0.1, -0.05) is 30.3 Å². The highest BCUT2D eigenvalue weighted by Crippen LogP contribution is 2.28. The first-order valence-corrected chi connectivity index (χ1v) is 7.12. The summed E-state index contributed by atoms with van der Waals surface area (Å²) in [5, 5.41) is 11.9. The number of benzene rings is 1. The lowest BCUT2D eigenvalue weighted by Crippen LogP contribution is -2.30. The van der Waals surface area contributed by atoms with E-state index in [4.69, 9.17) is 0 Å². The zero-order valence-electron chi connectivity index (χ0n) is 9.54. The molecule has 0 bridgehead atoms. The van der Waals surface area contributed by atoms with E-state index in [0.29, 0.717) is 13.0 Å². The van der Waals surface area contributed by atoms with Crippen molar-refractivity contribution in [2.75, 3.05) is 11.4 Å². The standard InChI is InChI=1S/C13H12BrNO2S/c14-11-8-12(18-9-11)15(13(16)17)7-6-10-4-2-1-3-5-10/h1-5,8-9H,6-7H2,(H,16,17). The lowest BCUT2D eigenvalue weighted by atomic mass is 10.1. The van der Waals surface area contributed by atoms with Crippen LogP contribution in [0.15, 0.2) is 46.3 Å². The van der Waals surface area contributed by atoms with Crippen LogP contribution in [0.4, 0.5) is 9.80 Å². The van der Waals surface area contributed by atoms with E-state index in [9.17, 15) is 9.90 Å². The molecule has 1 N–H and O–H groups in total. The summed E-state index contributed by atoms with van der Waals surface area (Å²) in [6.45, 7) is 0.465. The van der Waals surface area contributed by atoms with E-state index >= 15 is 0 Å². The van der Waals surface area contributed by atoms with Crippen molar-refractivity contribution in [2.45, 2.75) is 6.42 Å². The minimum atomic E-state index is -0.916. The van der Waals surface area contributed by atoms with Gasteiger partial charge in [0, 0.05) is 16.4 Å². The Morgan fingerprint density at radius 2 is 2.06 bits per heavy atom. The number of hydrogen-bond acceptors (Lipinski definition) is 2. The molecule has 1 aromatic heterocycles. The first-order valence-electron chi connectivity index (χ1n) is 5.45. The molecule has 0 fully saturated rings. The quantitative estimate of drug-likeness (QED) is 0.913. The second kappa shape index (κ2) is 6.02. The Morgan fingerprint density at radius 1 is 1.33 bits per heavy atom. The maximum Gasteiger partial charge on any atom is 0.412 e. The maximum absolute atomic E-state index is 11.2. The molecule has 0 saturated heterocycles. The molecule has 1 aromatic carbocycles. The molecule has 3 nitrogen and oxygen atoms in total. The van der Waals surface area contributed by atoms with Crippen LogP contribution in [-0.4, -0.2) is 17.7 Å².